The molecule has 1 nitrogen and oxygen atoms in total. The number of rotatable bonds is 0. The summed E-state index contributed by atoms with van der Waals surface area (Å²) in [5.74, 6) is 1.88. The number of hydrogen-bond acceptors (Lipinski definition) is 1. The zero-order valence-corrected chi connectivity index (χ0v) is 5.69. The van der Waals surface area contributed by atoms with Crippen LogP contribution in [0.2, 0.25) is 0 Å². The smallest absolute Gasteiger partial charge is 0.00141 e. The summed E-state index contributed by atoms with van der Waals surface area (Å²) in [6, 6.07) is 0. The van der Waals surface area contributed by atoms with E-state index in [0.717, 1.165) is 11.8 Å². The summed E-state index contributed by atoms with van der Waals surface area (Å²) in [6.45, 7) is 6.49. The van der Waals surface area contributed by atoms with E-state index in [2.05, 4.69) is 11.9 Å². The fraction of sp³-hybridized carbons (Fsp3) is 0.750. The maximum Gasteiger partial charge on any atom is -0.00141 e. The van der Waals surface area contributed by atoms with Crippen molar-refractivity contribution in [2.75, 3.05) is 13.1 Å². The number of nitrogens with one attached hydrogen (secondary N) is 1. The molecule has 2 unspecified atom stereocenters. The van der Waals surface area contributed by atoms with Crippen molar-refractivity contribution < 1.29 is 0 Å². The molecule has 2 rings (SSSR count). The van der Waals surface area contributed by atoms with Crippen molar-refractivity contribution in [2.45, 2.75) is 12.8 Å². The van der Waals surface area contributed by atoms with Gasteiger partial charge in [0.15, 0.2) is 0 Å². The molecular weight excluding hydrogens is 110 g/mol. The molecule has 1 heteroatoms. The van der Waals surface area contributed by atoms with Gasteiger partial charge in [-0.25, -0.2) is 0 Å². The zero-order valence-electron chi connectivity index (χ0n) is 5.69. The van der Waals surface area contributed by atoms with Crippen LogP contribution in [0.3, 0.4) is 0 Å². The Morgan fingerprint density at radius 3 is 2.33 bits per heavy atom. The van der Waals surface area contributed by atoms with E-state index in [1.54, 1.807) is 0 Å². The van der Waals surface area contributed by atoms with Crippen LogP contribution in [0, 0.1) is 11.8 Å². The van der Waals surface area contributed by atoms with Crippen molar-refractivity contribution in [2.24, 2.45) is 11.8 Å². The number of fused-ring (bicyclic) bond motifs is 1. The average molecular weight is 123 g/mol. The first-order valence-corrected chi connectivity index (χ1v) is 3.73. The van der Waals surface area contributed by atoms with Gasteiger partial charge in [-0.1, -0.05) is 12.2 Å². The molecule has 0 spiro atoms. The molecule has 2 aliphatic rings. The highest BCUT2D eigenvalue weighted by atomic mass is 14.9. The Hall–Kier alpha value is -0.300. The monoisotopic (exact) mass is 123 g/mol. The third kappa shape index (κ3) is 0.799. The van der Waals surface area contributed by atoms with Crippen molar-refractivity contribution in [1.82, 2.24) is 5.32 Å². The Morgan fingerprint density at radius 2 is 1.78 bits per heavy atom. The van der Waals surface area contributed by atoms with E-state index in [1.165, 1.54) is 31.5 Å². The highest BCUT2D eigenvalue weighted by Gasteiger charge is 2.32. The molecule has 0 aromatic heterocycles. The van der Waals surface area contributed by atoms with Crippen molar-refractivity contribution in [3.8, 4) is 0 Å². The van der Waals surface area contributed by atoms with E-state index < -0.39 is 0 Å². The van der Waals surface area contributed by atoms with E-state index in [4.69, 9.17) is 0 Å². The van der Waals surface area contributed by atoms with Gasteiger partial charge < -0.3 is 5.32 Å². The van der Waals surface area contributed by atoms with E-state index in [1.807, 2.05) is 0 Å². The summed E-state index contributed by atoms with van der Waals surface area (Å²) in [7, 11) is 0. The second-order valence-corrected chi connectivity index (χ2v) is 3.34. The molecule has 9 heavy (non-hydrogen) atoms. The van der Waals surface area contributed by atoms with Gasteiger partial charge in [0.1, 0.15) is 0 Å². The lowest BCUT2D eigenvalue weighted by molar-refractivity contribution is 0.494. The number of hydrogen-bond donors (Lipinski definition) is 1. The predicted molar refractivity (Wildman–Crippen MR) is 38.2 cm³/mol. The van der Waals surface area contributed by atoms with Gasteiger partial charge in [0.05, 0.1) is 0 Å². The maximum atomic E-state index is 4.01. The molecule has 2 atom stereocenters. The summed E-state index contributed by atoms with van der Waals surface area (Å²) in [5.41, 5.74) is 1.48. The van der Waals surface area contributed by atoms with Crippen LogP contribution < -0.4 is 5.32 Å². The highest BCUT2D eigenvalue weighted by molar-refractivity contribution is 5.08. The van der Waals surface area contributed by atoms with E-state index in [-0.39, 0.29) is 0 Å². The van der Waals surface area contributed by atoms with Crippen LogP contribution in [0.25, 0.3) is 0 Å². The predicted octanol–water partition coefficient (Wildman–Crippen LogP) is 1.17. The largest absolute Gasteiger partial charge is 0.316 e. The molecule has 0 aromatic carbocycles. The lowest BCUT2D eigenvalue weighted by Crippen LogP contribution is -2.09. The summed E-state index contributed by atoms with van der Waals surface area (Å²) in [5, 5.41) is 3.40. The molecule has 1 N–H and O–H groups in total. The molecular formula is C8H13N. The first kappa shape index (κ1) is 5.48. The Morgan fingerprint density at radius 1 is 1.22 bits per heavy atom. The Kier molecular flexibility index (Phi) is 1.12. The average Bonchev–Trinajstić information content (AvgIpc) is 2.22. The van der Waals surface area contributed by atoms with Gasteiger partial charge in [-0.2, -0.15) is 0 Å². The minimum Gasteiger partial charge on any atom is -0.316 e. The lowest BCUT2D eigenvalue weighted by Gasteiger charge is -2.02. The van der Waals surface area contributed by atoms with Crippen LogP contribution in [0.1, 0.15) is 12.8 Å². The van der Waals surface area contributed by atoms with Gasteiger partial charge >= 0.3 is 0 Å². The fourth-order valence-corrected chi connectivity index (χ4v) is 2.09. The standard InChI is InChI=1S/C8H13N/c1-6-2-7-4-9-5-8(7)3-6/h7-9H,1-5H2. The van der Waals surface area contributed by atoms with Crippen LogP contribution in [-0.2, 0) is 0 Å². The van der Waals surface area contributed by atoms with Gasteiger partial charge in [0, 0.05) is 0 Å². The third-order valence-electron chi connectivity index (χ3n) is 2.58. The Bertz CT molecular complexity index is 126. The topological polar surface area (TPSA) is 12.0 Å². The molecule has 50 valence electrons. The zero-order chi connectivity index (χ0) is 6.27. The second-order valence-electron chi connectivity index (χ2n) is 3.34. The minimum absolute atomic E-state index is 0.942. The van der Waals surface area contributed by atoms with Gasteiger partial charge in [-0.05, 0) is 37.8 Å². The molecule has 0 amide bonds. The molecule has 1 aliphatic carbocycles. The molecule has 2 fully saturated rings. The normalized spacial score (nSPS) is 41.6. The second kappa shape index (κ2) is 1.84. The Balaban J connectivity index is 2.09. The third-order valence-corrected chi connectivity index (χ3v) is 2.58. The summed E-state index contributed by atoms with van der Waals surface area (Å²) >= 11 is 0. The quantitative estimate of drug-likeness (QED) is 0.477. The molecule has 0 aromatic rings. The van der Waals surface area contributed by atoms with Gasteiger partial charge in [0.2, 0.25) is 0 Å². The molecule has 1 saturated carbocycles. The van der Waals surface area contributed by atoms with Gasteiger partial charge in [-0.3, -0.25) is 0 Å². The maximum absolute atomic E-state index is 4.01. The van der Waals surface area contributed by atoms with Crippen molar-refractivity contribution >= 4 is 0 Å². The Labute approximate surface area is 56.1 Å². The molecule has 1 heterocycles. The number of allylic oxidation sites excluding steroid dienone is 1. The van der Waals surface area contributed by atoms with E-state index in [9.17, 15) is 0 Å². The van der Waals surface area contributed by atoms with Crippen LogP contribution in [0.15, 0.2) is 12.2 Å². The van der Waals surface area contributed by atoms with E-state index >= 15 is 0 Å². The molecule has 1 aliphatic heterocycles. The molecule has 1 saturated heterocycles. The van der Waals surface area contributed by atoms with Crippen molar-refractivity contribution in [3.63, 3.8) is 0 Å². The summed E-state index contributed by atoms with van der Waals surface area (Å²) < 4.78 is 0. The highest BCUT2D eigenvalue weighted by Crippen LogP contribution is 2.36. The van der Waals surface area contributed by atoms with Crippen LogP contribution in [0.4, 0.5) is 0 Å². The first-order chi connectivity index (χ1) is 4.36. The van der Waals surface area contributed by atoms with Gasteiger partial charge in [-0.15, -0.1) is 0 Å². The van der Waals surface area contributed by atoms with Crippen LogP contribution in [-0.4, -0.2) is 13.1 Å². The molecule has 0 bridgehead atoms. The van der Waals surface area contributed by atoms with Crippen LogP contribution in [0.5, 0.6) is 0 Å². The first-order valence-electron chi connectivity index (χ1n) is 3.73. The van der Waals surface area contributed by atoms with E-state index in [0.29, 0.717) is 0 Å². The van der Waals surface area contributed by atoms with Crippen LogP contribution >= 0.6 is 0 Å². The van der Waals surface area contributed by atoms with Crippen molar-refractivity contribution in [3.05, 3.63) is 12.2 Å². The SMILES string of the molecule is C=C1CC2CNCC2C1. The fourth-order valence-electron chi connectivity index (χ4n) is 2.09. The summed E-state index contributed by atoms with van der Waals surface area (Å²) in [6.07, 6.45) is 2.58. The van der Waals surface area contributed by atoms with Crippen molar-refractivity contribution in [1.29, 1.82) is 0 Å². The molecule has 0 radical (unpaired) electrons. The lowest BCUT2D eigenvalue weighted by atomic mass is 10.0. The summed E-state index contributed by atoms with van der Waals surface area (Å²) in [4.78, 5) is 0. The minimum atomic E-state index is 0.942. The van der Waals surface area contributed by atoms with Gasteiger partial charge in [0.25, 0.3) is 0 Å².